The fourth-order valence-electron chi connectivity index (χ4n) is 3.97. The van der Waals surface area contributed by atoms with Gasteiger partial charge >= 0.3 is 0 Å². The molecule has 0 N–H and O–H groups in total. The molecule has 30 heavy (non-hydrogen) atoms. The first-order chi connectivity index (χ1) is 14.7. The van der Waals surface area contributed by atoms with E-state index in [0.29, 0.717) is 41.1 Å². The number of ether oxygens (including phenoxy) is 3. The molecule has 6 nitrogen and oxygen atoms in total. The average molecular weight is 409 g/mol. The average Bonchev–Trinajstić information content (AvgIpc) is 3.28. The van der Waals surface area contributed by atoms with Gasteiger partial charge in [0.15, 0.2) is 16.9 Å². The molecular weight excluding hydrogens is 382 g/mol. The van der Waals surface area contributed by atoms with Gasteiger partial charge in [-0.3, -0.25) is 9.69 Å². The Labute approximate surface area is 176 Å². The van der Waals surface area contributed by atoms with Crippen LogP contribution in [0.15, 0.2) is 57.9 Å². The Balaban J connectivity index is 1.60. The second-order valence-electron chi connectivity index (χ2n) is 7.58. The van der Waals surface area contributed by atoms with Gasteiger partial charge < -0.3 is 18.6 Å². The van der Waals surface area contributed by atoms with Crippen LogP contribution in [0.25, 0.3) is 11.0 Å². The first-order valence-electron chi connectivity index (χ1n) is 10.2. The normalized spacial score (nSPS) is 16.3. The fraction of sp³-hybridized carbons (Fsp3) is 0.375. The minimum absolute atomic E-state index is 0.0153. The molecule has 0 aliphatic carbocycles. The highest BCUT2D eigenvalue weighted by atomic mass is 16.5. The largest absolute Gasteiger partial charge is 0.493 e. The van der Waals surface area contributed by atoms with Crippen LogP contribution in [-0.2, 0) is 17.8 Å². The highest BCUT2D eigenvalue weighted by Gasteiger charge is 2.21. The molecule has 1 aliphatic heterocycles. The summed E-state index contributed by atoms with van der Waals surface area (Å²) in [6.07, 6.45) is 3.88. The van der Waals surface area contributed by atoms with Gasteiger partial charge in [0.25, 0.3) is 0 Å². The molecule has 0 radical (unpaired) electrons. The minimum Gasteiger partial charge on any atom is -0.493 e. The quantitative estimate of drug-likeness (QED) is 0.561. The Bertz CT molecular complexity index is 1050. The van der Waals surface area contributed by atoms with E-state index in [0.717, 1.165) is 31.6 Å². The number of benzene rings is 2. The molecular formula is C24H27NO5. The third-order valence-electron chi connectivity index (χ3n) is 5.49. The Morgan fingerprint density at radius 1 is 1.07 bits per heavy atom. The highest BCUT2D eigenvalue weighted by molar-refractivity contribution is 5.76. The zero-order chi connectivity index (χ0) is 20.9. The number of nitrogens with zero attached hydrogens (tertiary/aromatic N) is 1. The predicted molar refractivity (Wildman–Crippen MR) is 115 cm³/mol. The van der Waals surface area contributed by atoms with Crippen LogP contribution in [-0.4, -0.2) is 38.4 Å². The molecule has 158 valence electrons. The van der Waals surface area contributed by atoms with E-state index in [4.69, 9.17) is 18.6 Å². The summed E-state index contributed by atoms with van der Waals surface area (Å²) >= 11 is 0. The number of hydrogen-bond acceptors (Lipinski definition) is 6. The molecule has 2 heterocycles. The molecule has 0 amide bonds. The smallest absolute Gasteiger partial charge is 0.197 e. The van der Waals surface area contributed by atoms with E-state index in [-0.39, 0.29) is 11.5 Å². The van der Waals surface area contributed by atoms with Crippen molar-refractivity contribution < 1.29 is 18.6 Å². The van der Waals surface area contributed by atoms with Gasteiger partial charge in [0.2, 0.25) is 0 Å². The lowest BCUT2D eigenvalue weighted by molar-refractivity contribution is 0.0676. The van der Waals surface area contributed by atoms with Crippen molar-refractivity contribution in [3.05, 3.63) is 70.1 Å². The third-order valence-corrected chi connectivity index (χ3v) is 5.49. The maximum absolute atomic E-state index is 13.0. The maximum Gasteiger partial charge on any atom is 0.197 e. The van der Waals surface area contributed by atoms with Gasteiger partial charge in [-0.15, -0.1) is 0 Å². The molecule has 0 spiro atoms. The van der Waals surface area contributed by atoms with E-state index < -0.39 is 0 Å². The van der Waals surface area contributed by atoms with E-state index in [2.05, 4.69) is 4.90 Å². The lowest BCUT2D eigenvalue weighted by atomic mass is 10.1. The standard InChI is InChI=1S/C24H27NO5/c1-27-22-10-9-17(12-23(22)28-2)13-25(15-19-6-5-11-29-19)14-18-16-30-21-8-4-3-7-20(21)24(18)26/h3-4,7-10,12,16,19H,5-6,11,13-15H2,1-2H3/t19-/m1/s1. The first-order valence-corrected chi connectivity index (χ1v) is 10.2. The van der Waals surface area contributed by atoms with Gasteiger partial charge in [-0.25, -0.2) is 0 Å². The molecule has 6 heteroatoms. The molecule has 0 unspecified atom stereocenters. The Morgan fingerprint density at radius 2 is 1.90 bits per heavy atom. The number of fused-ring (bicyclic) bond motifs is 1. The van der Waals surface area contributed by atoms with E-state index in [9.17, 15) is 4.79 Å². The monoisotopic (exact) mass is 409 g/mol. The first kappa shape index (κ1) is 20.4. The van der Waals surface area contributed by atoms with Gasteiger partial charge in [-0.1, -0.05) is 18.2 Å². The lowest BCUT2D eigenvalue weighted by Crippen LogP contribution is -2.33. The molecule has 1 fully saturated rings. The summed E-state index contributed by atoms with van der Waals surface area (Å²) in [4.78, 5) is 15.2. The van der Waals surface area contributed by atoms with Crippen LogP contribution in [0.4, 0.5) is 0 Å². The summed E-state index contributed by atoms with van der Waals surface area (Å²) in [7, 11) is 3.26. The van der Waals surface area contributed by atoms with E-state index in [1.807, 2.05) is 42.5 Å². The number of hydrogen-bond donors (Lipinski definition) is 0. The van der Waals surface area contributed by atoms with E-state index in [1.54, 1.807) is 20.5 Å². The van der Waals surface area contributed by atoms with Crippen molar-refractivity contribution in [1.29, 1.82) is 0 Å². The van der Waals surface area contributed by atoms with Crippen molar-refractivity contribution in [2.45, 2.75) is 32.0 Å². The topological polar surface area (TPSA) is 61.1 Å². The van der Waals surface area contributed by atoms with Gasteiger partial charge in [0, 0.05) is 31.8 Å². The van der Waals surface area contributed by atoms with Crippen molar-refractivity contribution in [3.63, 3.8) is 0 Å². The van der Waals surface area contributed by atoms with Crippen molar-refractivity contribution in [3.8, 4) is 11.5 Å². The molecule has 1 aromatic heterocycles. The summed E-state index contributed by atoms with van der Waals surface area (Å²) in [6, 6.07) is 13.3. The summed E-state index contributed by atoms with van der Waals surface area (Å²) in [5.41, 5.74) is 2.35. The van der Waals surface area contributed by atoms with Crippen molar-refractivity contribution >= 4 is 11.0 Å². The maximum atomic E-state index is 13.0. The van der Waals surface area contributed by atoms with Crippen LogP contribution >= 0.6 is 0 Å². The number of para-hydroxylation sites is 1. The summed E-state index contributed by atoms with van der Waals surface area (Å²) in [6.45, 7) is 2.70. The second-order valence-corrected chi connectivity index (χ2v) is 7.58. The molecule has 0 bridgehead atoms. The number of rotatable bonds is 8. The SMILES string of the molecule is COc1ccc(CN(Cc2coc3ccccc3c2=O)C[C@H]2CCCO2)cc1OC. The Kier molecular flexibility index (Phi) is 6.35. The van der Waals surface area contributed by atoms with Gasteiger partial charge in [-0.05, 0) is 42.7 Å². The minimum atomic E-state index is 0.0153. The van der Waals surface area contributed by atoms with Crippen LogP contribution in [0.2, 0.25) is 0 Å². The predicted octanol–water partition coefficient (Wildman–Crippen LogP) is 3.99. The molecule has 3 aromatic rings. The molecule has 1 aliphatic rings. The fourth-order valence-corrected chi connectivity index (χ4v) is 3.97. The molecule has 0 saturated carbocycles. The van der Waals surface area contributed by atoms with Gasteiger partial charge in [0.05, 0.1) is 32.0 Å². The van der Waals surface area contributed by atoms with Crippen LogP contribution in [0.3, 0.4) is 0 Å². The van der Waals surface area contributed by atoms with E-state index in [1.165, 1.54) is 0 Å². The Morgan fingerprint density at radius 3 is 2.67 bits per heavy atom. The summed E-state index contributed by atoms with van der Waals surface area (Å²) in [5.74, 6) is 1.39. The zero-order valence-corrected chi connectivity index (χ0v) is 17.4. The van der Waals surface area contributed by atoms with Crippen LogP contribution < -0.4 is 14.9 Å². The molecule has 4 rings (SSSR count). The number of methoxy groups -OCH3 is 2. The van der Waals surface area contributed by atoms with Crippen molar-refractivity contribution in [2.24, 2.45) is 0 Å². The van der Waals surface area contributed by atoms with Gasteiger partial charge in [0.1, 0.15) is 5.58 Å². The van der Waals surface area contributed by atoms with Crippen molar-refractivity contribution in [2.75, 3.05) is 27.4 Å². The van der Waals surface area contributed by atoms with E-state index >= 15 is 0 Å². The Hall–Kier alpha value is -2.83. The molecule has 1 atom stereocenters. The summed E-state index contributed by atoms with van der Waals surface area (Å²) < 4.78 is 22.4. The van der Waals surface area contributed by atoms with Crippen LogP contribution in [0.5, 0.6) is 11.5 Å². The summed E-state index contributed by atoms with van der Waals surface area (Å²) in [5, 5.41) is 0.609. The lowest BCUT2D eigenvalue weighted by Gasteiger charge is -2.25. The molecule has 2 aromatic carbocycles. The van der Waals surface area contributed by atoms with Crippen LogP contribution in [0.1, 0.15) is 24.0 Å². The van der Waals surface area contributed by atoms with Gasteiger partial charge in [-0.2, -0.15) is 0 Å². The molecule has 1 saturated heterocycles. The third kappa shape index (κ3) is 4.50. The zero-order valence-electron chi connectivity index (χ0n) is 17.4. The second kappa shape index (κ2) is 9.32. The van der Waals surface area contributed by atoms with Crippen LogP contribution in [0, 0.1) is 0 Å². The van der Waals surface area contributed by atoms with Crippen molar-refractivity contribution in [1.82, 2.24) is 4.90 Å². The highest BCUT2D eigenvalue weighted by Crippen LogP contribution is 2.28.